The van der Waals surface area contributed by atoms with E-state index in [1.807, 2.05) is 12.1 Å². The van der Waals surface area contributed by atoms with Gasteiger partial charge in [0.2, 0.25) is 0 Å². The largest absolute Gasteiger partial charge is 0.461 e. The summed E-state index contributed by atoms with van der Waals surface area (Å²) in [6.07, 6.45) is 5.73. The lowest BCUT2D eigenvalue weighted by Gasteiger charge is -2.09. The summed E-state index contributed by atoms with van der Waals surface area (Å²) in [5, 5.41) is 12.1. The van der Waals surface area contributed by atoms with Crippen LogP contribution >= 0.6 is 0 Å². The Bertz CT molecular complexity index is 901. The first kappa shape index (κ1) is 13.8. The molecule has 2 aromatic heterocycles. The Balaban J connectivity index is 1.74. The summed E-state index contributed by atoms with van der Waals surface area (Å²) in [4.78, 5) is 14.5. The lowest BCUT2D eigenvalue weighted by atomic mass is 9.96. The number of aromatic nitrogens is 1. The van der Waals surface area contributed by atoms with Gasteiger partial charge in [-0.3, -0.25) is 10.1 Å². The Kier molecular flexibility index (Phi) is 3.22. The summed E-state index contributed by atoms with van der Waals surface area (Å²) >= 11 is 0. The molecule has 3 aromatic rings. The lowest BCUT2D eigenvalue weighted by Crippen LogP contribution is -1.98. The number of nitrogens with zero attached hydrogens (tertiary/aromatic N) is 2. The second kappa shape index (κ2) is 5.39. The van der Waals surface area contributed by atoms with Crippen LogP contribution in [0.3, 0.4) is 0 Å². The van der Waals surface area contributed by atoms with Gasteiger partial charge in [0.1, 0.15) is 17.1 Å². The molecule has 6 heteroatoms. The van der Waals surface area contributed by atoms with Gasteiger partial charge < -0.3 is 9.15 Å². The minimum atomic E-state index is -0.499. The first-order valence-electron chi connectivity index (χ1n) is 7.54. The van der Waals surface area contributed by atoms with Crippen molar-refractivity contribution in [1.29, 1.82) is 0 Å². The highest BCUT2D eigenvalue weighted by Crippen LogP contribution is 2.36. The molecule has 0 fully saturated rings. The van der Waals surface area contributed by atoms with Gasteiger partial charge in [-0.15, -0.1) is 0 Å². The van der Waals surface area contributed by atoms with Crippen LogP contribution in [0, 0.1) is 10.1 Å². The fourth-order valence-corrected chi connectivity index (χ4v) is 3.02. The number of hydrogen-bond donors (Lipinski definition) is 0. The van der Waals surface area contributed by atoms with E-state index in [0.29, 0.717) is 5.75 Å². The Morgan fingerprint density at radius 3 is 2.96 bits per heavy atom. The maximum absolute atomic E-state index is 11.0. The third-order valence-corrected chi connectivity index (χ3v) is 4.09. The van der Waals surface area contributed by atoms with Crippen molar-refractivity contribution in [3.63, 3.8) is 0 Å². The summed E-state index contributed by atoms with van der Waals surface area (Å²) in [5.74, 6) is 1.56. The van der Waals surface area contributed by atoms with E-state index in [2.05, 4.69) is 4.98 Å². The highest BCUT2D eigenvalue weighted by atomic mass is 16.6. The molecule has 1 aromatic carbocycles. The third kappa shape index (κ3) is 2.42. The molecule has 116 valence electrons. The molecule has 6 nitrogen and oxygen atoms in total. The zero-order valence-corrected chi connectivity index (χ0v) is 12.3. The molecule has 0 atom stereocenters. The van der Waals surface area contributed by atoms with E-state index in [0.717, 1.165) is 42.4 Å². The van der Waals surface area contributed by atoms with Crippen LogP contribution in [0.4, 0.5) is 5.69 Å². The molecule has 23 heavy (non-hydrogen) atoms. The molecule has 0 saturated heterocycles. The smallest absolute Gasteiger partial charge is 0.331 e. The number of benzene rings is 1. The number of hydrogen-bond acceptors (Lipinski definition) is 5. The van der Waals surface area contributed by atoms with Gasteiger partial charge >= 0.3 is 5.69 Å². The van der Waals surface area contributed by atoms with Gasteiger partial charge in [-0.1, -0.05) is 0 Å². The maximum atomic E-state index is 11.0. The maximum Gasteiger partial charge on any atom is 0.331 e. The average Bonchev–Trinajstić information content (AvgIpc) is 2.93. The molecule has 1 aliphatic carbocycles. The fraction of sp³-hybridized carbons (Fsp3) is 0.235. The van der Waals surface area contributed by atoms with Crippen molar-refractivity contribution in [2.24, 2.45) is 0 Å². The monoisotopic (exact) mass is 310 g/mol. The van der Waals surface area contributed by atoms with Gasteiger partial charge in [0, 0.05) is 29.6 Å². The number of nitro groups is 1. The summed E-state index contributed by atoms with van der Waals surface area (Å²) in [6, 6.07) is 8.36. The van der Waals surface area contributed by atoms with Crippen LogP contribution in [0.5, 0.6) is 11.6 Å². The Hall–Kier alpha value is -2.89. The minimum Gasteiger partial charge on any atom is -0.461 e. The number of fused-ring (bicyclic) bond motifs is 3. The van der Waals surface area contributed by atoms with Gasteiger partial charge in [0.25, 0.3) is 5.88 Å². The van der Waals surface area contributed by atoms with Crippen LogP contribution in [-0.2, 0) is 12.8 Å². The predicted molar refractivity (Wildman–Crippen MR) is 83.8 cm³/mol. The highest BCUT2D eigenvalue weighted by Gasteiger charge is 2.20. The van der Waals surface area contributed by atoms with E-state index in [-0.39, 0.29) is 11.6 Å². The molecule has 0 amide bonds. The van der Waals surface area contributed by atoms with Crippen molar-refractivity contribution in [1.82, 2.24) is 4.98 Å². The zero-order chi connectivity index (χ0) is 15.8. The van der Waals surface area contributed by atoms with Gasteiger partial charge in [-0.05, 0) is 43.5 Å². The molecule has 0 N–H and O–H groups in total. The topological polar surface area (TPSA) is 78.4 Å². The van der Waals surface area contributed by atoms with E-state index < -0.39 is 4.92 Å². The van der Waals surface area contributed by atoms with E-state index >= 15 is 0 Å². The summed E-state index contributed by atoms with van der Waals surface area (Å²) in [7, 11) is 0. The molecule has 1 aliphatic rings. The van der Waals surface area contributed by atoms with Gasteiger partial charge in [-0.2, -0.15) is 0 Å². The molecule has 0 saturated carbocycles. The number of rotatable bonds is 3. The Morgan fingerprint density at radius 2 is 2.09 bits per heavy atom. The van der Waals surface area contributed by atoms with Crippen LogP contribution in [0.2, 0.25) is 0 Å². The lowest BCUT2D eigenvalue weighted by molar-refractivity contribution is -0.386. The second-order valence-electron chi connectivity index (χ2n) is 5.56. The van der Waals surface area contributed by atoms with Crippen LogP contribution in [0.15, 0.2) is 40.9 Å². The van der Waals surface area contributed by atoms with Gasteiger partial charge in [0.05, 0.1) is 4.92 Å². The number of aryl methyl sites for hydroxylation is 2. The number of ether oxygens (including phenoxy) is 1. The number of furan rings is 1. The summed E-state index contributed by atoms with van der Waals surface area (Å²) in [5.41, 5.74) is 1.91. The quantitative estimate of drug-likeness (QED) is 0.529. The van der Waals surface area contributed by atoms with E-state index in [9.17, 15) is 10.1 Å². The second-order valence-corrected chi connectivity index (χ2v) is 5.56. The van der Waals surface area contributed by atoms with Gasteiger partial charge in [-0.25, -0.2) is 4.98 Å². The van der Waals surface area contributed by atoms with Gasteiger partial charge in [0.15, 0.2) is 0 Å². The molecule has 0 spiro atoms. The van der Waals surface area contributed by atoms with Crippen LogP contribution in [0.25, 0.3) is 11.0 Å². The van der Waals surface area contributed by atoms with E-state index in [4.69, 9.17) is 9.15 Å². The van der Waals surface area contributed by atoms with E-state index in [1.165, 1.54) is 23.9 Å². The predicted octanol–water partition coefficient (Wildman–Crippen LogP) is 4.41. The van der Waals surface area contributed by atoms with Crippen molar-refractivity contribution in [3.8, 4) is 11.6 Å². The first-order chi connectivity index (χ1) is 11.2. The van der Waals surface area contributed by atoms with Crippen molar-refractivity contribution in [2.75, 3.05) is 0 Å². The van der Waals surface area contributed by atoms with Crippen molar-refractivity contribution < 1.29 is 14.1 Å². The first-order valence-corrected chi connectivity index (χ1v) is 7.54. The molecule has 0 aliphatic heterocycles. The molecule has 0 bridgehead atoms. The summed E-state index contributed by atoms with van der Waals surface area (Å²) in [6.45, 7) is 0. The van der Waals surface area contributed by atoms with Crippen LogP contribution in [-0.4, -0.2) is 9.91 Å². The fourth-order valence-electron chi connectivity index (χ4n) is 3.02. The van der Waals surface area contributed by atoms with Crippen molar-refractivity contribution in [3.05, 3.63) is 58.0 Å². The standard InChI is InChI=1S/C17H14N2O4/c20-19(21)14-5-3-9-18-17(14)22-11-7-8-16-13(10-11)12-4-1-2-6-15(12)23-16/h3,5,7-10H,1-2,4,6H2. The molecular weight excluding hydrogens is 296 g/mol. The summed E-state index contributed by atoms with van der Waals surface area (Å²) < 4.78 is 11.5. The number of pyridine rings is 1. The van der Waals surface area contributed by atoms with E-state index in [1.54, 1.807) is 6.07 Å². The molecule has 4 rings (SSSR count). The average molecular weight is 310 g/mol. The third-order valence-electron chi connectivity index (χ3n) is 4.09. The molecular formula is C17H14N2O4. The molecule has 0 unspecified atom stereocenters. The molecule has 0 radical (unpaired) electrons. The Labute approximate surface area is 131 Å². The van der Waals surface area contributed by atoms with Crippen LogP contribution < -0.4 is 4.74 Å². The van der Waals surface area contributed by atoms with Crippen LogP contribution in [0.1, 0.15) is 24.2 Å². The SMILES string of the molecule is O=[N+]([O-])c1cccnc1Oc1ccc2oc3c(c2c1)CCCC3. The minimum absolute atomic E-state index is 0.00536. The van der Waals surface area contributed by atoms with Crippen molar-refractivity contribution >= 4 is 16.7 Å². The zero-order valence-electron chi connectivity index (χ0n) is 12.3. The highest BCUT2D eigenvalue weighted by molar-refractivity contribution is 5.84. The normalized spacial score (nSPS) is 13.7. The van der Waals surface area contributed by atoms with Crippen molar-refractivity contribution in [2.45, 2.75) is 25.7 Å². The molecule has 2 heterocycles. The Morgan fingerprint density at radius 1 is 1.22 bits per heavy atom.